The van der Waals surface area contributed by atoms with E-state index in [1.807, 2.05) is 20.8 Å². The molecule has 0 spiro atoms. The molecule has 0 bridgehead atoms. The van der Waals surface area contributed by atoms with Crippen molar-refractivity contribution >= 4 is 50.7 Å². The van der Waals surface area contributed by atoms with Gasteiger partial charge in [-0.3, -0.25) is 13.9 Å². The molecule has 2 aromatic rings. The lowest BCUT2D eigenvalue weighted by Crippen LogP contribution is -2.49. The molecule has 0 aromatic heterocycles. The number of sulfonamides is 1. The van der Waals surface area contributed by atoms with Crippen molar-refractivity contribution in [3.8, 4) is 5.75 Å². The van der Waals surface area contributed by atoms with Crippen LogP contribution in [0.15, 0.2) is 42.5 Å². The van der Waals surface area contributed by atoms with Gasteiger partial charge in [0, 0.05) is 26.1 Å². The standard InChI is InChI=1S/C27H37Cl2N3O5S/c1-6-23(27(34)30-17-19(2)3)31(18-20-13-14-21(28)22(29)16-20)26(33)12-9-15-32(38(5,35)36)24-10-7-8-11-25(24)37-4/h7-8,10-11,13-14,16,19,23H,6,9,12,15,17-18H2,1-5H3,(H,30,34)/t23-/m1/s1. The predicted molar refractivity (Wildman–Crippen MR) is 153 cm³/mol. The molecule has 0 aliphatic carbocycles. The fourth-order valence-corrected chi connectivity index (χ4v) is 5.28. The number of rotatable bonds is 14. The van der Waals surface area contributed by atoms with Crippen LogP contribution >= 0.6 is 23.2 Å². The Balaban J connectivity index is 2.26. The Bertz CT molecular complexity index is 1210. The second-order valence-electron chi connectivity index (χ2n) is 9.44. The average molecular weight is 587 g/mol. The Labute approximate surface area is 236 Å². The number of carbonyl (C=O) groups is 2. The Morgan fingerprint density at radius 2 is 1.76 bits per heavy atom. The van der Waals surface area contributed by atoms with Crippen molar-refractivity contribution in [2.24, 2.45) is 5.92 Å². The normalized spacial score (nSPS) is 12.2. The highest BCUT2D eigenvalue weighted by Crippen LogP contribution is 2.30. The molecular weight excluding hydrogens is 549 g/mol. The average Bonchev–Trinajstić information content (AvgIpc) is 2.86. The minimum absolute atomic E-state index is 0.0381. The van der Waals surface area contributed by atoms with Gasteiger partial charge in [-0.1, -0.05) is 62.2 Å². The lowest BCUT2D eigenvalue weighted by atomic mass is 10.1. The van der Waals surface area contributed by atoms with E-state index in [0.29, 0.717) is 34.4 Å². The summed E-state index contributed by atoms with van der Waals surface area (Å²) in [6, 6.07) is 11.2. The molecule has 1 atom stereocenters. The maximum absolute atomic E-state index is 13.5. The zero-order valence-electron chi connectivity index (χ0n) is 22.5. The largest absolute Gasteiger partial charge is 0.495 e. The number of carbonyl (C=O) groups excluding carboxylic acids is 2. The Morgan fingerprint density at radius 1 is 1.08 bits per heavy atom. The summed E-state index contributed by atoms with van der Waals surface area (Å²) < 4.78 is 31.7. The Morgan fingerprint density at radius 3 is 2.34 bits per heavy atom. The van der Waals surface area contributed by atoms with Crippen LogP contribution in [0.4, 0.5) is 5.69 Å². The van der Waals surface area contributed by atoms with Gasteiger partial charge in [0.2, 0.25) is 21.8 Å². The van der Waals surface area contributed by atoms with E-state index in [-0.39, 0.29) is 43.7 Å². The number of hydrogen-bond acceptors (Lipinski definition) is 5. The molecule has 1 N–H and O–H groups in total. The molecule has 38 heavy (non-hydrogen) atoms. The molecule has 2 amide bonds. The third-order valence-corrected chi connectivity index (χ3v) is 7.83. The summed E-state index contributed by atoms with van der Waals surface area (Å²) in [4.78, 5) is 28.1. The van der Waals surface area contributed by atoms with Gasteiger partial charge in [0.25, 0.3) is 0 Å². The van der Waals surface area contributed by atoms with Gasteiger partial charge in [-0.05, 0) is 48.6 Å². The smallest absolute Gasteiger partial charge is 0.242 e. The van der Waals surface area contributed by atoms with Gasteiger partial charge in [-0.2, -0.15) is 0 Å². The summed E-state index contributed by atoms with van der Waals surface area (Å²) in [5, 5.41) is 3.67. The Kier molecular flexibility index (Phi) is 12.2. The Hall–Kier alpha value is -2.49. The van der Waals surface area contributed by atoms with Crippen LogP contribution in [0.25, 0.3) is 0 Å². The topological polar surface area (TPSA) is 96.0 Å². The summed E-state index contributed by atoms with van der Waals surface area (Å²) in [6.07, 6.45) is 1.81. The number of hydrogen-bond donors (Lipinski definition) is 1. The summed E-state index contributed by atoms with van der Waals surface area (Å²) >= 11 is 12.3. The molecule has 2 rings (SSSR count). The van der Waals surface area contributed by atoms with Crippen LogP contribution in [0.3, 0.4) is 0 Å². The molecular formula is C27H37Cl2N3O5S. The summed E-state index contributed by atoms with van der Waals surface area (Å²) in [5.74, 6) is 0.170. The van der Waals surface area contributed by atoms with Crippen LogP contribution in [0.5, 0.6) is 5.75 Å². The molecule has 0 saturated carbocycles. The lowest BCUT2D eigenvalue weighted by molar-refractivity contribution is -0.141. The fraction of sp³-hybridized carbons (Fsp3) is 0.481. The molecule has 8 nitrogen and oxygen atoms in total. The molecule has 0 saturated heterocycles. The first-order valence-electron chi connectivity index (χ1n) is 12.5. The molecule has 0 radical (unpaired) electrons. The first-order chi connectivity index (χ1) is 17.9. The number of anilines is 1. The van der Waals surface area contributed by atoms with E-state index in [1.165, 1.54) is 16.3 Å². The quantitative estimate of drug-likeness (QED) is 0.331. The van der Waals surface area contributed by atoms with E-state index < -0.39 is 16.1 Å². The molecule has 0 fully saturated rings. The zero-order valence-corrected chi connectivity index (χ0v) is 24.9. The van der Waals surface area contributed by atoms with Gasteiger partial charge in [0.1, 0.15) is 11.8 Å². The minimum atomic E-state index is -3.64. The van der Waals surface area contributed by atoms with Gasteiger partial charge in [-0.25, -0.2) is 8.42 Å². The van der Waals surface area contributed by atoms with E-state index in [4.69, 9.17) is 27.9 Å². The third-order valence-electron chi connectivity index (χ3n) is 5.91. The number of methoxy groups -OCH3 is 1. The van der Waals surface area contributed by atoms with Crippen LogP contribution in [0.2, 0.25) is 10.0 Å². The van der Waals surface area contributed by atoms with Crippen molar-refractivity contribution in [1.82, 2.24) is 10.2 Å². The molecule has 0 heterocycles. The van der Waals surface area contributed by atoms with Gasteiger partial charge >= 0.3 is 0 Å². The first-order valence-corrected chi connectivity index (χ1v) is 15.1. The van der Waals surface area contributed by atoms with E-state index in [2.05, 4.69) is 5.32 Å². The van der Waals surface area contributed by atoms with Crippen molar-refractivity contribution in [1.29, 1.82) is 0 Å². The predicted octanol–water partition coefficient (Wildman–Crippen LogP) is 5.13. The summed E-state index contributed by atoms with van der Waals surface area (Å²) in [7, 11) is -2.17. The van der Waals surface area contributed by atoms with Crippen molar-refractivity contribution < 1.29 is 22.7 Å². The molecule has 0 unspecified atom stereocenters. The number of amides is 2. The van der Waals surface area contributed by atoms with Crippen molar-refractivity contribution in [3.05, 3.63) is 58.1 Å². The van der Waals surface area contributed by atoms with Gasteiger partial charge < -0.3 is 15.0 Å². The molecule has 11 heteroatoms. The SMILES string of the molecule is CC[C@H](C(=O)NCC(C)C)N(Cc1ccc(Cl)c(Cl)c1)C(=O)CCCN(c1ccccc1OC)S(C)(=O)=O. The number of para-hydroxylation sites is 2. The lowest BCUT2D eigenvalue weighted by Gasteiger charge is -2.31. The van der Waals surface area contributed by atoms with E-state index >= 15 is 0 Å². The fourth-order valence-electron chi connectivity index (χ4n) is 3.99. The number of ether oxygens (including phenoxy) is 1. The van der Waals surface area contributed by atoms with Crippen molar-refractivity contribution in [2.45, 2.75) is 52.6 Å². The van der Waals surface area contributed by atoms with Gasteiger partial charge in [0.05, 0.1) is 29.1 Å². The molecule has 2 aromatic carbocycles. The summed E-state index contributed by atoms with van der Waals surface area (Å²) in [6.45, 7) is 6.56. The van der Waals surface area contributed by atoms with Crippen molar-refractivity contribution in [2.75, 3.05) is 30.8 Å². The number of halogens is 2. The summed E-state index contributed by atoms with van der Waals surface area (Å²) in [5.41, 5.74) is 1.13. The highest BCUT2D eigenvalue weighted by Gasteiger charge is 2.29. The van der Waals surface area contributed by atoms with Gasteiger partial charge in [0.15, 0.2) is 0 Å². The van der Waals surface area contributed by atoms with E-state index in [0.717, 1.165) is 11.8 Å². The second kappa shape index (κ2) is 14.6. The van der Waals surface area contributed by atoms with E-state index in [9.17, 15) is 18.0 Å². The zero-order chi connectivity index (χ0) is 28.5. The number of benzene rings is 2. The minimum Gasteiger partial charge on any atom is -0.495 e. The van der Waals surface area contributed by atoms with Crippen LogP contribution in [-0.2, 0) is 26.2 Å². The molecule has 0 aliphatic rings. The highest BCUT2D eigenvalue weighted by molar-refractivity contribution is 7.92. The van der Waals surface area contributed by atoms with Crippen molar-refractivity contribution in [3.63, 3.8) is 0 Å². The molecule has 0 aliphatic heterocycles. The highest BCUT2D eigenvalue weighted by atomic mass is 35.5. The maximum Gasteiger partial charge on any atom is 0.242 e. The van der Waals surface area contributed by atoms with Crippen LogP contribution in [-0.4, -0.2) is 57.6 Å². The monoisotopic (exact) mass is 585 g/mol. The van der Waals surface area contributed by atoms with Crippen LogP contribution in [0.1, 0.15) is 45.6 Å². The van der Waals surface area contributed by atoms with Crippen LogP contribution < -0.4 is 14.4 Å². The van der Waals surface area contributed by atoms with Gasteiger partial charge in [-0.15, -0.1) is 0 Å². The number of nitrogens with one attached hydrogen (secondary N) is 1. The maximum atomic E-state index is 13.5. The number of nitrogens with zero attached hydrogens (tertiary/aromatic N) is 2. The first kappa shape index (κ1) is 31.7. The van der Waals surface area contributed by atoms with Crippen LogP contribution in [0, 0.1) is 5.92 Å². The second-order valence-corrected chi connectivity index (χ2v) is 12.2. The van der Waals surface area contributed by atoms with E-state index in [1.54, 1.807) is 42.5 Å². The third kappa shape index (κ3) is 9.06. The molecule has 210 valence electrons.